The van der Waals surface area contributed by atoms with E-state index in [-0.39, 0.29) is 37.0 Å². The largest absolute Gasteiger partial charge is 0.462 e. The van der Waals surface area contributed by atoms with Gasteiger partial charge in [0.1, 0.15) is 13.2 Å². The van der Waals surface area contributed by atoms with Gasteiger partial charge in [-0.3, -0.25) is 9.59 Å². The third-order valence-corrected chi connectivity index (χ3v) is 18.3. The Morgan fingerprint density at radius 1 is 0.710 bits per heavy atom. The van der Waals surface area contributed by atoms with E-state index in [0.717, 1.165) is 25.7 Å². The fraction of sp³-hybridized carbons (Fsp3) is 0.310. The highest BCUT2D eigenvalue weighted by atomic mass is 16.6. The van der Waals surface area contributed by atoms with Crippen LogP contribution in [0.3, 0.4) is 0 Å². The van der Waals surface area contributed by atoms with Crippen LogP contribution in [0.2, 0.25) is 0 Å². The molecule has 5 atom stereocenters. The van der Waals surface area contributed by atoms with Crippen molar-refractivity contribution in [1.82, 2.24) is 0 Å². The molecule has 0 aromatic heterocycles. The van der Waals surface area contributed by atoms with E-state index in [1.54, 1.807) is 108 Å². The Labute approximate surface area is 356 Å². The zero-order chi connectivity index (χ0) is 40.6. The summed E-state index contributed by atoms with van der Waals surface area (Å²) in [5.41, 5.74) is 12.0. The SMILES string of the molecule is CCC(C)(C)C(=O)OCCOC(=O)CCCC(c1ccccc1)C1c2cc3c4c5c6c7c8c9c(cc%10cc%11c%12c%10c9c7c7c%12c9c(cc1c1c2c4c6c7c19)C%11)=CC1CC(C3)C5C=81. The third-order valence-electron chi connectivity index (χ3n) is 18.3. The van der Waals surface area contributed by atoms with Crippen LogP contribution in [0.4, 0.5) is 0 Å². The zero-order valence-corrected chi connectivity index (χ0v) is 35.2. The molecular weight excluding hydrogens is 761 g/mol. The first-order valence-electron chi connectivity index (χ1n) is 23.5. The number of hydrogen-bond donors (Lipinski definition) is 0. The first kappa shape index (κ1) is 32.7. The fourth-order valence-corrected chi connectivity index (χ4v) is 15.9. The number of benzene rings is 7. The standard InChI is InChI=1S/C58H42O4/c1-4-58(2,3)57(60)62-14-13-61-34(59)12-8-11-31(23-9-6-5-7-10-23)42-32-21-29-19-26-15-24-17-28-18-25-16-27-20-30-22-33(42)44-43(32)49-40(29)47-37(26)35(24)45-39(28)46-36(25)38(27)48-41(30)50(44)56-54(48)52(46)51(45)53(47)55(49)56/h5-7,9-10,15,17-18,21-22,25,27,31,38,42H,4,8,11-14,16,19-20H2,1-3H3. The van der Waals surface area contributed by atoms with Crippen LogP contribution < -0.4 is 10.4 Å². The van der Waals surface area contributed by atoms with Gasteiger partial charge in [-0.05, 0) is 222 Å². The van der Waals surface area contributed by atoms with E-state index in [2.05, 4.69) is 60.7 Å². The maximum absolute atomic E-state index is 13.3. The van der Waals surface area contributed by atoms with Crippen LogP contribution in [0.25, 0.3) is 109 Å². The predicted molar refractivity (Wildman–Crippen MR) is 250 cm³/mol. The number of rotatable bonds is 11. The Morgan fingerprint density at radius 3 is 2.21 bits per heavy atom. The molecule has 6 aliphatic rings. The molecule has 0 bridgehead atoms. The summed E-state index contributed by atoms with van der Waals surface area (Å²) >= 11 is 0. The maximum atomic E-state index is 13.3. The van der Waals surface area contributed by atoms with Gasteiger partial charge in [0.15, 0.2) is 0 Å². The molecule has 1 saturated carbocycles. The minimum Gasteiger partial charge on any atom is -0.462 e. The lowest BCUT2D eigenvalue weighted by atomic mass is 9.71. The van der Waals surface area contributed by atoms with Gasteiger partial charge in [-0.25, -0.2) is 0 Å². The average Bonchev–Trinajstić information content (AvgIpc) is 4.12. The monoisotopic (exact) mass is 802 g/mol. The zero-order valence-electron chi connectivity index (χ0n) is 35.2. The molecule has 0 spiro atoms. The minimum atomic E-state index is -0.543. The number of hydrogen-bond acceptors (Lipinski definition) is 4. The molecular formula is C58H42O4. The van der Waals surface area contributed by atoms with Crippen molar-refractivity contribution in [3.05, 3.63) is 104 Å². The normalized spacial score (nSPS) is 21.8. The summed E-state index contributed by atoms with van der Waals surface area (Å²) in [6.45, 7) is 5.94. The highest BCUT2D eigenvalue weighted by Gasteiger charge is 2.51. The van der Waals surface area contributed by atoms with Crippen LogP contribution in [0, 0.1) is 17.3 Å². The fourth-order valence-electron chi connectivity index (χ4n) is 15.9. The third kappa shape index (κ3) is 3.25. The quantitative estimate of drug-likeness (QED) is 0.0742. The van der Waals surface area contributed by atoms with Crippen LogP contribution in [-0.2, 0) is 31.9 Å². The number of carbonyl (C=O) groups is 2. The minimum absolute atomic E-state index is 0.0902. The topological polar surface area (TPSA) is 52.6 Å². The van der Waals surface area contributed by atoms with Gasteiger partial charge in [0, 0.05) is 24.2 Å². The highest BCUT2D eigenvalue weighted by Crippen LogP contribution is 2.69. The Morgan fingerprint density at radius 2 is 1.39 bits per heavy atom. The van der Waals surface area contributed by atoms with E-state index in [1.807, 2.05) is 20.8 Å². The predicted octanol–water partition coefficient (Wildman–Crippen LogP) is 11.8. The summed E-state index contributed by atoms with van der Waals surface area (Å²) in [5.74, 6) is 1.58. The second-order valence-electron chi connectivity index (χ2n) is 21.2. The van der Waals surface area contributed by atoms with Gasteiger partial charge in [0.2, 0.25) is 0 Å². The lowest BCUT2D eigenvalue weighted by Crippen LogP contribution is -2.27. The van der Waals surface area contributed by atoms with Gasteiger partial charge < -0.3 is 9.47 Å². The molecule has 11 aromatic carbocycles. The summed E-state index contributed by atoms with van der Waals surface area (Å²) in [5, 5.41) is 31.5. The number of carbonyl (C=O) groups excluding carboxylic acids is 2. The van der Waals surface area contributed by atoms with Gasteiger partial charge in [0.25, 0.3) is 0 Å². The summed E-state index contributed by atoms with van der Waals surface area (Å²) in [7, 11) is 0. The molecule has 298 valence electrons. The van der Waals surface area contributed by atoms with Crippen molar-refractivity contribution in [1.29, 1.82) is 0 Å². The lowest BCUT2D eigenvalue weighted by Gasteiger charge is -2.31. The number of ether oxygens (including phenoxy) is 2. The maximum Gasteiger partial charge on any atom is 0.311 e. The molecule has 6 aliphatic carbocycles. The van der Waals surface area contributed by atoms with Crippen LogP contribution in [-0.4, -0.2) is 25.2 Å². The molecule has 0 saturated heterocycles. The smallest absolute Gasteiger partial charge is 0.311 e. The van der Waals surface area contributed by atoms with E-state index in [4.69, 9.17) is 9.47 Å². The summed E-state index contributed by atoms with van der Waals surface area (Å²) in [6, 6.07) is 21.8. The molecule has 0 heterocycles. The van der Waals surface area contributed by atoms with Crippen molar-refractivity contribution in [2.45, 2.75) is 83.5 Å². The molecule has 62 heavy (non-hydrogen) atoms. The summed E-state index contributed by atoms with van der Waals surface area (Å²) in [4.78, 5) is 25.8. The number of esters is 2. The van der Waals surface area contributed by atoms with Crippen LogP contribution in [0.5, 0.6) is 0 Å². The van der Waals surface area contributed by atoms with Gasteiger partial charge in [-0.15, -0.1) is 0 Å². The highest BCUT2D eigenvalue weighted by molar-refractivity contribution is 6.60. The van der Waals surface area contributed by atoms with E-state index < -0.39 is 5.41 Å². The molecule has 0 radical (unpaired) electrons. The van der Waals surface area contributed by atoms with Crippen molar-refractivity contribution in [2.24, 2.45) is 17.3 Å². The second-order valence-corrected chi connectivity index (χ2v) is 21.2. The Bertz CT molecular complexity index is 4060. The lowest BCUT2D eigenvalue weighted by molar-refractivity contribution is -0.159. The van der Waals surface area contributed by atoms with Gasteiger partial charge in [0.05, 0.1) is 5.41 Å². The molecule has 0 N–H and O–H groups in total. The summed E-state index contributed by atoms with van der Waals surface area (Å²) < 4.78 is 11.1. The summed E-state index contributed by atoms with van der Waals surface area (Å²) in [6.07, 6.45) is 8.74. The van der Waals surface area contributed by atoms with E-state index in [0.29, 0.717) is 30.6 Å². The molecule has 0 amide bonds. The Balaban J connectivity index is 0.899. The first-order chi connectivity index (χ1) is 30.3. The van der Waals surface area contributed by atoms with Crippen LogP contribution in [0.15, 0.2) is 54.6 Å². The van der Waals surface area contributed by atoms with Crippen molar-refractivity contribution in [3.63, 3.8) is 0 Å². The van der Waals surface area contributed by atoms with Gasteiger partial charge in [-0.1, -0.05) is 61.5 Å². The van der Waals surface area contributed by atoms with Crippen LogP contribution in [0.1, 0.15) is 110 Å². The molecule has 17 rings (SSSR count). The average molecular weight is 803 g/mol. The van der Waals surface area contributed by atoms with Crippen molar-refractivity contribution >= 4 is 121 Å². The van der Waals surface area contributed by atoms with Crippen molar-refractivity contribution in [2.75, 3.05) is 13.2 Å². The second kappa shape index (κ2) is 10.1. The Kier molecular flexibility index (Phi) is 5.32. The molecule has 4 heteroatoms. The molecule has 5 unspecified atom stereocenters. The van der Waals surface area contributed by atoms with Crippen LogP contribution >= 0.6 is 0 Å². The molecule has 0 aliphatic heterocycles. The van der Waals surface area contributed by atoms with Crippen molar-refractivity contribution in [3.8, 4) is 0 Å². The Hall–Kier alpha value is -6.00. The molecule has 1 fully saturated rings. The molecule has 4 nitrogen and oxygen atoms in total. The van der Waals surface area contributed by atoms with E-state index in [1.165, 1.54) is 50.2 Å². The van der Waals surface area contributed by atoms with Gasteiger partial charge >= 0.3 is 11.9 Å². The first-order valence-corrected chi connectivity index (χ1v) is 23.5. The molecule has 11 aromatic rings. The van der Waals surface area contributed by atoms with Crippen molar-refractivity contribution < 1.29 is 19.1 Å². The van der Waals surface area contributed by atoms with E-state index >= 15 is 0 Å². The van der Waals surface area contributed by atoms with E-state index in [9.17, 15) is 9.59 Å². The van der Waals surface area contributed by atoms with Gasteiger partial charge in [-0.2, -0.15) is 0 Å².